The summed E-state index contributed by atoms with van der Waals surface area (Å²) in [5.74, 6) is 10.7. The normalized spacial score (nSPS) is 32.1. The molecule has 11 heteroatoms. The molecule has 11 nitrogen and oxygen atoms in total. The van der Waals surface area contributed by atoms with Crippen LogP contribution >= 0.6 is 0 Å². The smallest absolute Gasteiger partial charge is 0.187 e. The number of fused-ring (bicyclic) bond motifs is 6. The maximum Gasteiger partial charge on any atom is 0.187 e. The van der Waals surface area contributed by atoms with Gasteiger partial charge in [0.15, 0.2) is 17.7 Å². The van der Waals surface area contributed by atoms with Crippen molar-refractivity contribution < 1.29 is 34.7 Å². The summed E-state index contributed by atoms with van der Waals surface area (Å²) >= 11 is 0. The van der Waals surface area contributed by atoms with E-state index in [0.717, 1.165) is 64.8 Å². The molecule has 11 rings (SSSR count). The number of nitrogens with two attached hydrogens (primary N) is 1. The summed E-state index contributed by atoms with van der Waals surface area (Å²) in [7, 11) is 0. The highest BCUT2D eigenvalue weighted by molar-refractivity contribution is 6.10. The number of aliphatic imine (C=N–C) groups is 1. The van der Waals surface area contributed by atoms with Gasteiger partial charge in [-0.05, 0) is 89.8 Å². The second-order valence-electron chi connectivity index (χ2n) is 19.7. The number of hydrogen-bond donors (Lipinski definition) is 6. The third kappa shape index (κ3) is 7.30. The first kappa shape index (κ1) is 41.6. The SMILES string of the molecule is N[C@@H]1NC[C@@H]2C=C[C@@H]3C4=CN=C5CN(C=C45)[C@@H]4Oc5cc(CCC(=O)C[C@H](O)[C@@H]6C=C[C@@H](C7CCCCC7)C[C@H]6O)c(O)cc5OC#CC5(CCCC5)[C@@H]4C#C[C@@H](O)c4ccc1c2c43. The van der Waals surface area contributed by atoms with Crippen LogP contribution < -0.4 is 20.5 Å². The molecule has 0 unspecified atom stereocenters. The van der Waals surface area contributed by atoms with Gasteiger partial charge in [-0.15, -0.1) is 0 Å². The molecule has 2 saturated carbocycles. The lowest BCUT2D eigenvalue weighted by Crippen LogP contribution is -2.47. The quantitative estimate of drug-likeness (QED) is 0.132. The van der Waals surface area contributed by atoms with Crippen LogP contribution in [0.2, 0.25) is 0 Å². The number of Topliss-reactive ketones (excluding diaryl/α,β-unsaturated/α-hetero) is 1. The number of nitrogens with one attached hydrogen (secondary N) is 1. The topological polar surface area (TPSA) is 170 Å². The van der Waals surface area contributed by atoms with E-state index in [4.69, 9.17) is 20.2 Å². The molecule has 0 aromatic heterocycles. The highest BCUT2D eigenvalue weighted by Crippen LogP contribution is 2.52. The molecule has 0 radical (unpaired) electrons. The predicted molar refractivity (Wildman–Crippen MR) is 242 cm³/mol. The van der Waals surface area contributed by atoms with Crippen LogP contribution in [0, 0.1) is 53.0 Å². The van der Waals surface area contributed by atoms with Gasteiger partial charge in [-0.1, -0.05) is 86.3 Å². The number of aliphatic hydroxyl groups is 3. The second-order valence-corrected chi connectivity index (χ2v) is 19.7. The number of carbonyl (C=O) groups excluding carboxylic acids is 1. The molecule has 10 atom stereocenters. The molecule has 0 amide bonds. The summed E-state index contributed by atoms with van der Waals surface area (Å²) in [5.41, 5.74) is 13.5. The van der Waals surface area contributed by atoms with Crippen molar-refractivity contribution in [3.05, 3.63) is 99.9 Å². The van der Waals surface area contributed by atoms with Crippen molar-refractivity contribution >= 4 is 11.5 Å². The second kappa shape index (κ2) is 16.7. The van der Waals surface area contributed by atoms with Gasteiger partial charge < -0.3 is 40.5 Å². The van der Waals surface area contributed by atoms with Crippen molar-refractivity contribution in [2.75, 3.05) is 13.1 Å². The number of benzene rings is 2. The third-order valence-electron chi connectivity index (χ3n) is 16.0. The zero-order valence-electron chi connectivity index (χ0n) is 36.2. The van der Waals surface area contributed by atoms with Crippen molar-refractivity contribution in [2.45, 2.75) is 126 Å². The lowest BCUT2D eigenvalue weighted by molar-refractivity contribution is -0.122. The Bertz CT molecular complexity index is 2520. The molecular weight excluding hydrogens is 805 g/mol. The van der Waals surface area contributed by atoms with E-state index in [2.05, 4.69) is 58.5 Å². The van der Waals surface area contributed by atoms with E-state index in [9.17, 15) is 25.2 Å². The molecule has 2 aromatic carbocycles. The van der Waals surface area contributed by atoms with Gasteiger partial charge in [-0.2, -0.15) is 0 Å². The molecule has 7 N–H and O–H groups in total. The van der Waals surface area contributed by atoms with E-state index < -0.39 is 41.8 Å². The van der Waals surface area contributed by atoms with Gasteiger partial charge >= 0.3 is 0 Å². The Morgan fingerprint density at radius 1 is 1.00 bits per heavy atom. The Kier molecular flexibility index (Phi) is 10.8. The van der Waals surface area contributed by atoms with Crippen molar-refractivity contribution in [3.63, 3.8) is 0 Å². The van der Waals surface area contributed by atoms with Gasteiger partial charge in [0.05, 0.1) is 42.0 Å². The van der Waals surface area contributed by atoms with Crippen LogP contribution in [-0.4, -0.2) is 68.3 Å². The summed E-state index contributed by atoms with van der Waals surface area (Å²) in [6.45, 7) is 1.18. The number of ether oxygens (including phenoxy) is 2. The molecule has 1 spiro atoms. The van der Waals surface area contributed by atoms with E-state index in [1.165, 1.54) is 38.2 Å². The van der Waals surface area contributed by atoms with E-state index in [0.29, 0.717) is 42.7 Å². The Morgan fingerprint density at radius 3 is 2.66 bits per heavy atom. The van der Waals surface area contributed by atoms with Crippen molar-refractivity contribution in [2.24, 2.45) is 39.8 Å². The van der Waals surface area contributed by atoms with Crippen LogP contribution in [0.5, 0.6) is 17.2 Å². The molecule has 2 bridgehead atoms. The molecule has 332 valence electrons. The Balaban J connectivity index is 0.896. The number of carbonyl (C=O) groups is 1. The molecule has 64 heavy (non-hydrogen) atoms. The average molecular weight is 863 g/mol. The molecule has 2 fully saturated rings. The van der Waals surface area contributed by atoms with E-state index in [1.54, 1.807) is 6.07 Å². The number of nitrogens with zero attached hydrogens (tertiary/aromatic N) is 2. The lowest BCUT2D eigenvalue weighted by Gasteiger charge is -2.39. The number of phenols is 1. The summed E-state index contributed by atoms with van der Waals surface area (Å²) in [4.78, 5) is 20.6. The summed E-state index contributed by atoms with van der Waals surface area (Å²) in [5, 5.41) is 49.2. The predicted octanol–water partition coefficient (Wildman–Crippen LogP) is 6.60. The Morgan fingerprint density at radius 2 is 1.83 bits per heavy atom. The largest absolute Gasteiger partial charge is 0.508 e. The van der Waals surface area contributed by atoms with Crippen molar-refractivity contribution in [1.29, 1.82) is 0 Å². The van der Waals surface area contributed by atoms with Gasteiger partial charge in [0, 0.05) is 61.2 Å². The zero-order chi connectivity index (χ0) is 43.7. The van der Waals surface area contributed by atoms with E-state index in [1.807, 2.05) is 24.4 Å². The molecule has 0 saturated heterocycles. The molecular formula is C53H58N4O7. The highest BCUT2D eigenvalue weighted by atomic mass is 16.5. The first-order valence-electron chi connectivity index (χ1n) is 23.7. The fourth-order valence-electron chi connectivity index (χ4n) is 12.5. The Hall–Kier alpha value is -5.14. The number of aryl methyl sites for hydroxylation is 1. The van der Waals surface area contributed by atoms with E-state index >= 15 is 0 Å². The van der Waals surface area contributed by atoms with Gasteiger partial charge in [-0.3, -0.25) is 15.1 Å². The summed E-state index contributed by atoms with van der Waals surface area (Å²) in [6.07, 6.45) is 22.3. The average Bonchev–Trinajstić information content (AvgIpc) is 4.05. The minimum absolute atomic E-state index is 0.0489. The fourth-order valence-corrected chi connectivity index (χ4v) is 12.5. The van der Waals surface area contributed by atoms with Crippen LogP contribution in [0.15, 0.2) is 77.1 Å². The molecule has 9 aliphatic rings. The van der Waals surface area contributed by atoms with Gasteiger partial charge in [0.25, 0.3) is 0 Å². The van der Waals surface area contributed by atoms with Crippen LogP contribution in [0.25, 0.3) is 0 Å². The standard InChI is InChI=1S/C53H58N4O7/c54-51-38-15-14-37-43(59)17-16-41-52(57-28-40-39(27-55-42(40)29-57)35-12-10-33(26-56-51)49(38)50(35)37)64-48-23-32(44(60)25-47(48)63-21-20-53(41)18-4-5-19-53)8-11-34(58)24-46(62)36-13-9-31(22-45(36)61)30-6-2-1-3-7-30/h9-10,12-15,23,25,27-28,30-31,33,35-36,41,43,45-46,51-52,56,59-62H,1-8,11,18-19,22,24,26,29,54H2/t31-,33+,35-,36-,41-,43-,45-,46+,51-,52-/m1/s1. The number of ketones is 1. The zero-order valence-corrected chi connectivity index (χ0v) is 36.2. The van der Waals surface area contributed by atoms with Gasteiger partial charge in [-0.25, -0.2) is 0 Å². The number of rotatable bonds is 7. The summed E-state index contributed by atoms with van der Waals surface area (Å²) in [6, 6.07) is 7.24. The number of aliphatic hydroxyl groups excluding tert-OH is 3. The minimum atomic E-state index is -1.09. The number of hydrogen-bond acceptors (Lipinski definition) is 11. The van der Waals surface area contributed by atoms with Crippen LogP contribution in [0.4, 0.5) is 0 Å². The van der Waals surface area contributed by atoms with Gasteiger partial charge in [0.2, 0.25) is 0 Å². The van der Waals surface area contributed by atoms with Crippen molar-refractivity contribution in [1.82, 2.24) is 10.2 Å². The van der Waals surface area contributed by atoms with Crippen molar-refractivity contribution in [3.8, 4) is 41.1 Å². The lowest BCUT2D eigenvalue weighted by atomic mass is 9.71. The fraction of sp³-hybridized carbons (Fsp3) is 0.509. The van der Waals surface area contributed by atoms with Crippen LogP contribution in [0.3, 0.4) is 0 Å². The Labute approximate surface area is 375 Å². The first-order chi connectivity index (χ1) is 31.1. The maximum absolute atomic E-state index is 13.4. The highest BCUT2D eigenvalue weighted by Gasteiger charge is 2.49. The van der Waals surface area contributed by atoms with Crippen LogP contribution in [-0.2, 0) is 11.2 Å². The molecule has 5 aliphatic heterocycles. The molecule has 5 heterocycles. The monoisotopic (exact) mass is 862 g/mol. The molecule has 4 aliphatic carbocycles. The van der Waals surface area contributed by atoms with Gasteiger partial charge in [0.1, 0.15) is 23.7 Å². The third-order valence-corrected chi connectivity index (χ3v) is 16.0. The van der Waals surface area contributed by atoms with E-state index in [-0.39, 0.29) is 54.5 Å². The first-order valence-corrected chi connectivity index (χ1v) is 23.7. The number of phenolic OH excluding ortho intramolecular Hbond substituents is 1. The maximum atomic E-state index is 13.4. The number of allylic oxidation sites excluding steroid dienone is 3. The summed E-state index contributed by atoms with van der Waals surface area (Å²) < 4.78 is 13.2. The molecule has 2 aromatic rings. The van der Waals surface area contributed by atoms with Crippen LogP contribution in [0.1, 0.15) is 129 Å². The number of aromatic hydroxyl groups is 1. The minimum Gasteiger partial charge on any atom is -0.508 e.